The second-order valence-corrected chi connectivity index (χ2v) is 7.00. The molecular weight excluding hydrogens is 302 g/mol. The zero-order chi connectivity index (χ0) is 16.9. The van der Waals surface area contributed by atoms with Gasteiger partial charge in [0.2, 0.25) is 11.8 Å². The summed E-state index contributed by atoms with van der Waals surface area (Å²) >= 11 is 0. The van der Waals surface area contributed by atoms with E-state index in [0.29, 0.717) is 11.5 Å². The molecule has 1 saturated carbocycles. The van der Waals surface area contributed by atoms with Gasteiger partial charge < -0.3 is 10.6 Å². The van der Waals surface area contributed by atoms with E-state index in [2.05, 4.69) is 4.90 Å². The van der Waals surface area contributed by atoms with Crippen molar-refractivity contribution in [3.05, 3.63) is 35.4 Å². The summed E-state index contributed by atoms with van der Waals surface area (Å²) in [5, 5.41) is 0. The SMILES string of the molecule is NC(=O)c1cccc(CN2CCN(C(=O)C3CCCCC3)CC2)c1. The highest BCUT2D eigenvalue weighted by Gasteiger charge is 2.28. The Hall–Kier alpha value is -1.88. The van der Waals surface area contributed by atoms with Gasteiger partial charge in [0.15, 0.2) is 0 Å². The number of primary amides is 1. The van der Waals surface area contributed by atoms with Crippen LogP contribution in [0, 0.1) is 5.92 Å². The zero-order valence-electron chi connectivity index (χ0n) is 14.2. The van der Waals surface area contributed by atoms with Crippen molar-refractivity contribution in [3.63, 3.8) is 0 Å². The lowest BCUT2D eigenvalue weighted by molar-refractivity contribution is -0.138. The molecule has 2 N–H and O–H groups in total. The number of nitrogens with two attached hydrogens (primary N) is 1. The smallest absolute Gasteiger partial charge is 0.248 e. The average Bonchev–Trinajstić information content (AvgIpc) is 2.63. The van der Waals surface area contributed by atoms with E-state index in [-0.39, 0.29) is 11.8 Å². The lowest BCUT2D eigenvalue weighted by atomic mass is 9.88. The quantitative estimate of drug-likeness (QED) is 0.919. The van der Waals surface area contributed by atoms with E-state index in [0.717, 1.165) is 51.1 Å². The molecule has 1 heterocycles. The van der Waals surface area contributed by atoms with Crippen molar-refractivity contribution in [1.82, 2.24) is 9.80 Å². The highest BCUT2D eigenvalue weighted by Crippen LogP contribution is 2.26. The van der Waals surface area contributed by atoms with E-state index in [9.17, 15) is 9.59 Å². The van der Waals surface area contributed by atoms with Gasteiger partial charge in [-0.2, -0.15) is 0 Å². The van der Waals surface area contributed by atoms with Gasteiger partial charge in [-0.3, -0.25) is 14.5 Å². The van der Waals surface area contributed by atoms with Crippen LogP contribution in [0.25, 0.3) is 0 Å². The Morgan fingerprint density at radius 2 is 1.75 bits per heavy atom. The van der Waals surface area contributed by atoms with E-state index in [1.807, 2.05) is 23.1 Å². The van der Waals surface area contributed by atoms with Crippen molar-refractivity contribution in [2.24, 2.45) is 11.7 Å². The molecule has 0 radical (unpaired) electrons. The minimum absolute atomic E-state index is 0.262. The van der Waals surface area contributed by atoms with E-state index < -0.39 is 0 Å². The molecule has 1 aliphatic carbocycles. The topological polar surface area (TPSA) is 66.6 Å². The standard InChI is InChI=1S/C19H27N3O2/c20-18(23)17-8-4-5-15(13-17)14-21-9-11-22(12-10-21)19(24)16-6-2-1-3-7-16/h4-5,8,13,16H,1-3,6-7,9-12,14H2,(H2,20,23). The van der Waals surface area contributed by atoms with Crippen LogP contribution in [0.15, 0.2) is 24.3 Å². The minimum Gasteiger partial charge on any atom is -0.366 e. The number of hydrogen-bond acceptors (Lipinski definition) is 3. The lowest BCUT2D eigenvalue weighted by Crippen LogP contribution is -2.50. The van der Waals surface area contributed by atoms with Crippen LogP contribution in [0.3, 0.4) is 0 Å². The van der Waals surface area contributed by atoms with Crippen LogP contribution < -0.4 is 5.73 Å². The summed E-state index contributed by atoms with van der Waals surface area (Å²) in [6.07, 6.45) is 5.82. The van der Waals surface area contributed by atoms with Crippen molar-refractivity contribution >= 4 is 11.8 Å². The zero-order valence-corrected chi connectivity index (χ0v) is 14.2. The van der Waals surface area contributed by atoms with Gasteiger partial charge in [0.1, 0.15) is 0 Å². The molecule has 5 heteroatoms. The first-order chi connectivity index (χ1) is 11.6. The third-order valence-corrected chi connectivity index (χ3v) is 5.26. The Morgan fingerprint density at radius 1 is 1.04 bits per heavy atom. The third kappa shape index (κ3) is 4.15. The maximum absolute atomic E-state index is 12.6. The monoisotopic (exact) mass is 329 g/mol. The highest BCUT2D eigenvalue weighted by atomic mass is 16.2. The van der Waals surface area contributed by atoms with Gasteiger partial charge in [-0.05, 0) is 30.5 Å². The van der Waals surface area contributed by atoms with Crippen LogP contribution in [0.4, 0.5) is 0 Å². The molecule has 1 aliphatic heterocycles. The van der Waals surface area contributed by atoms with Crippen LogP contribution in [-0.2, 0) is 11.3 Å². The molecule has 0 bridgehead atoms. The molecule has 5 nitrogen and oxygen atoms in total. The van der Waals surface area contributed by atoms with Crippen LogP contribution in [0.5, 0.6) is 0 Å². The average molecular weight is 329 g/mol. The Bertz CT molecular complexity index is 588. The van der Waals surface area contributed by atoms with Crippen molar-refractivity contribution in [3.8, 4) is 0 Å². The van der Waals surface area contributed by atoms with Crippen LogP contribution in [0.1, 0.15) is 48.0 Å². The molecule has 1 saturated heterocycles. The van der Waals surface area contributed by atoms with E-state index in [4.69, 9.17) is 5.73 Å². The second kappa shape index (κ2) is 7.79. The van der Waals surface area contributed by atoms with Crippen LogP contribution >= 0.6 is 0 Å². The number of amides is 2. The number of piperazine rings is 1. The Morgan fingerprint density at radius 3 is 2.42 bits per heavy atom. The van der Waals surface area contributed by atoms with Crippen molar-refractivity contribution in [2.75, 3.05) is 26.2 Å². The normalized spacial score (nSPS) is 20.1. The molecule has 0 atom stereocenters. The third-order valence-electron chi connectivity index (χ3n) is 5.26. The maximum atomic E-state index is 12.6. The van der Waals surface area contributed by atoms with Crippen molar-refractivity contribution in [2.45, 2.75) is 38.6 Å². The summed E-state index contributed by atoms with van der Waals surface area (Å²) in [6.45, 7) is 4.20. The molecule has 0 unspecified atom stereocenters. The Balaban J connectivity index is 1.50. The molecular formula is C19H27N3O2. The lowest BCUT2D eigenvalue weighted by Gasteiger charge is -2.37. The first-order valence-electron chi connectivity index (χ1n) is 9.03. The van der Waals surface area contributed by atoms with Crippen molar-refractivity contribution < 1.29 is 9.59 Å². The number of nitrogens with zero attached hydrogens (tertiary/aromatic N) is 2. The van der Waals surface area contributed by atoms with Gasteiger partial charge in [0.05, 0.1) is 0 Å². The Labute approximate surface area is 143 Å². The summed E-state index contributed by atoms with van der Waals surface area (Å²) in [6, 6.07) is 7.50. The second-order valence-electron chi connectivity index (χ2n) is 7.00. The van der Waals surface area contributed by atoms with E-state index in [1.54, 1.807) is 6.07 Å². The predicted octanol–water partition coefficient (Wildman–Crippen LogP) is 2.01. The highest BCUT2D eigenvalue weighted by molar-refractivity contribution is 5.92. The van der Waals surface area contributed by atoms with Crippen molar-refractivity contribution in [1.29, 1.82) is 0 Å². The van der Waals surface area contributed by atoms with E-state index >= 15 is 0 Å². The molecule has 2 fully saturated rings. The maximum Gasteiger partial charge on any atom is 0.248 e. The molecule has 2 aliphatic rings. The molecule has 24 heavy (non-hydrogen) atoms. The summed E-state index contributed by atoms with van der Waals surface area (Å²) in [5.74, 6) is 0.238. The minimum atomic E-state index is -0.389. The number of carbonyl (C=O) groups is 2. The first kappa shape index (κ1) is 17.0. The number of hydrogen-bond donors (Lipinski definition) is 1. The predicted molar refractivity (Wildman–Crippen MR) is 93.4 cm³/mol. The van der Waals surface area contributed by atoms with Gasteiger partial charge in [-0.25, -0.2) is 0 Å². The molecule has 1 aromatic carbocycles. The fourth-order valence-electron chi connectivity index (χ4n) is 3.82. The first-order valence-corrected chi connectivity index (χ1v) is 9.03. The summed E-state index contributed by atoms with van der Waals surface area (Å²) in [4.78, 5) is 28.3. The summed E-state index contributed by atoms with van der Waals surface area (Å²) < 4.78 is 0. The molecule has 2 amide bonds. The largest absolute Gasteiger partial charge is 0.366 e. The molecule has 3 rings (SSSR count). The van der Waals surface area contributed by atoms with Gasteiger partial charge in [0, 0.05) is 44.2 Å². The molecule has 1 aromatic rings. The Kier molecular flexibility index (Phi) is 5.51. The fourth-order valence-corrected chi connectivity index (χ4v) is 3.82. The van der Waals surface area contributed by atoms with Gasteiger partial charge in [-0.15, -0.1) is 0 Å². The van der Waals surface area contributed by atoms with Gasteiger partial charge in [0.25, 0.3) is 0 Å². The van der Waals surface area contributed by atoms with Crippen LogP contribution in [0.2, 0.25) is 0 Å². The molecule has 130 valence electrons. The summed E-state index contributed by atoms with van der Waals surface area (Å²) in [5.41, 5.74) is 6.99. The number of benzene rings is 1. The summed E-state index contributed by atoms with van der Waals surface area (Å²) in [7, 11) is 0. The van der Waals surface area contributed by atoms with Gasteiger partial charge >= 0.3 is 0 Å². The number of carbonyl (C=O) groups excluding carboxylic acids is 2. The number of rotatable bonds is 4. The van der Waals surface area contributed by atoms with Gasteiger partial charge in [-0.1, -0.05) is 31.4 Å². The fraction of sp³-hybridized carbons (Fsp3) is 0.579. The van der Waals surface area contributed by atoms with E-state index in [1.165, 1.54) is 19.3 Å². The van der Waals surface area contributed by atoms with Crippen LogP contribution in [-0.4, -0.2) is 47.8 Å². The molecule has 0 aromatic heterocycles. The molecule has 0 spiro atoms.